The Kier molecular flexibility index (Phi) is 1.51. The molecule has 2 aliphatic rings. The van der Waals surface area contributed by atoms with E-state index in [0.29, 0.717) is 6.61 Å². The summed E-state index contributed by atoms with van der Waals surface area (Å²) in [6.45, 7) is 0.552. The van der Waals surface area contributed by atoms with Crippen molar-refractivity contribution in [1.82, 2.24) is 4.98 Å². The van der Waals surface area contributed by atoms with Gasteiger partial charge in [-0.3, -0.25) is 4.98 Å². The highest BCUT2D eigenvalue weighted by molar-refractivity contribution is 5.92. The van der Waals surface area contributed by atoms with Gasteiger partial charge < -0.3 is 9.47 Å². The lowest BCUT2D eigenvalue weighted by molar-refractivity contribution is 0.300. The van der Waals surface area contributed by atoms with E-state index in [4.69, 9.17) is 9.47 Å². The van der Waals surface area contributed by atoms with Crippen LogP contribution in [0.25, 0.3) is 22.0 Å². The van der Waals surface area contributed by atoms with Crippen LogP contribution in [0.3, 0.4) is 0 Å². The molecular formula is C16H9NO2. The fraction of sp³-hybridized carbons (Fsp3) is 0.0625. The van der Waals surface area contributed by atoms with Crippen molar-refractivity contribution in [2.24, 2.45) is 0 Å². The van der Waals surface area contributed by atoms with Gasteiger partial charge in [-0.1, -0.05) is 24.3 Å². The van der Waals surface area contributed by atoms with Gasteiger partial charge in [-0.15, -0.1) is 0 Å². The standard InChI is InChI=1S/C16H9NO2/c1-2-4-10-9(3-1)7-17-14-11-5-6-13-16(19-13)15(11)18-8-12(10)14/h1-7H,8H2. The molecule has 2 aromatic carbocycles. The van der Waals surface area contributed by atoms with Crippen LogP contribution in [-0.4, -0.2) is 4.98 Å². The molecule has 0 fully saturated rings. The average Bonchev–Trinajstić information content (AvgIpc) is 3.26. The highest BCUT2D eigenvalue weighted by atomic mass is 16.6. The molecular weight excluding hydrogens is 238 g/mol. The summed E-state index contributed by atoms with van der Waals surface area (Å²) in [5.41, 5.74) is 3.20. The summed E-state index contributed by atoms with van der Waals surface area (Å²) in [4.78, 5) is 4.62. The smallest absolute Gasteiger partial charge is 0.212 e. The lowest BCUT2D eigenvalue weighted by Gasteiger charge is -2.19. The largest absolute Gasteiger partial charge is 0.484 e. The summed E-state index contributed by atoms with van der Waals surface area (Å²) in [6.07, 6.45) is 1.93. The first-order chi connectivity index (χ1) is 9.42. The number of ether oxygens (including phenoxy) is 2. The van der Waals surface area contributed by atoms with Gasteiger partial charge in [0.25, 0.3) is 0 Å². The van der Waals surface area contributed by atoms with Gasteiger partial charge in [0.05, 0.1) is 5.69 Å². The second-order valence-corrected chi connectivity index (χ2v) is 4.83. The fourth-order valence-electron chi connectivity index (χ4n) is 2.79. The van der Waals surface area contributed by atoms with Crippen LogP contribution >= 0.6 is 0 Å². The maximum absolute atomic E-state index is 5.88. The van der Waals surface area contributed by atoms with E-state index in [2.05, 4.69) is 17.1 Å². The van der Waals surface area contributed by atoms with E-state index in [1.54, 1.807) is 0 Å². The third kappa shape index (κ3) is 1.14. The van der Waals surface area contributed by atoms with Crippen LogP contribution in [0.1, 0.15) is 5.56 Å². The Morgan fingerprint density at radius 2 is 1.95 bits per heavy atom. The molecule has 0 atom stereocenters. The van der Waals surface area contributed by atoms with Crippen molar-refractivity contribution in [3.05, 3.63) is 48.2 Å². The Bertz CT molecular complexity index is 855. The molecule has 3 heteroatoms. The monoisotopic (exact) mass is 247 g/mol. The highest BCUT2D eigenvalue weighted by Crippen LogP contribution is 2.57. The van der Waals surface area contributed by atoms with Gasteiger partial charge in [0.2, 0.25) is 5.75 Å². The predicted octanol–water partition coefficient (Wildman–Crippen LogP) is 3.90. The third-order valence-electron chi connectivity index (χ3n) is 3.77. The summed E-state index contributed by atoms with van der Waals surface area (Å²) < 4.78 is 11.3. The van der Waals surface area contributed by atoms with Gasteiger partial charge in [0.15, 0.2) is 11.5 Å². The molecule has 0 radical (unpaired) electrons. The van der Waals surface area contributed by atoms with E-state index in [1.165, 1.54) is 5.39 Å². The van der Waals surface area contributed by atoms with Crippen molar-refractivity contribution in [3.63, 3.8) is 0 Å². The zero-order chi connectivity index (χ0) is 12.4. The summed E-state index contributed by atoms with van der Waals surface area (Å²) in [6, 6.07) is 12.3. The molecule has 3 aromatic rings. The number of rotatable bonds is 0. The van der Waals surface area contributed by atoms with Gasteiger partial charge in [-0.25, -0.2) is 0 Å². The van der Waals surface area contributed by atoms with Crippen LogP contribution < -0.4 is 9.47 Å². The second kappa shape index (κ2) is 3.06. The normalized spacial score (nSPS) is 13.9. The van der Waals surface area contributed by atoms with Gasteiger partial charge in [-0.05, 0) is 17.5 Å². The van der Waals surface area contributed by atoms with Crippen LogP contribution in [0, 0.1) is 0 Å². The molecule has 19 heavy (non-hydrogen) atoms. The minimum absolute atomic E-state index is 0.552. The average molecular weight is 247 g/mol. The van der Waals surface area contributed by atoms with Crippen molar-refractivity contribution in [1.29, 1.82) is 0 Å². The highest BCUT2D eigenvalue weighted by Gasteiger charge is 2.32. The Balaban J connectivity index is 1.88. The van der Waals surface area contributed by atoms with E-state index >= 15 is 0 Å². The molecule has 0 N–H and O–H groups in total. The van der Waals surface area contributed by atoms with Crippen LogP contribution in [0.5, 0.6) is 17.2 Å². The topological polar surface area (TPSA) is 34.6 Å². The summed E-state index contributed by atoms with van der Waals surface area (Å²) in [7, 11) is 0. The summed E-state index contributed by atoms with van der Waals surface area (Å²) in [5, 5.41) is 2.36. The molecule has 3 nitrogen and oxygen atoms in total. The molecule has 0 amide bonds. The minimum atomic E-state index is 0.552. The zero-order valence-corrected chi connectivity index (χ0v) is 10.0. The van der Waals surface area contributed by atoms with E-state index in [9.17, 15) is 0 Å². The zero-order valence-electron chi connectivity index (χ0n) is 10.0. The lowest BCUT2D eigenvalue weighted by Crippen LogP contribution is -2.07. The van der Waals surface area contributed by atoms with Crippen LogP contribution in [0.15, 0.2) is 42.6 Å². The molecule has 0 spiro atoms. The molecule has 0 saturated carbocycles. The molecule has 3 heterocycles. The van der Waals surface area contributed by atoms with Crippen LogP contribution in [0.2, 0.25) is 0 Å². The lowest BCUT2D eigenvalue weighted by atomic mass is 9.98. The predicted molar refractivity (Wildman–Crippen MR) is 71.6 cm³/mol. The van der Waals surface area contributed by atoms with Crippen LogP contribution in [0.4, 0.5) is 0 Å². The van der Waals surface area contributed by atoms with Gasteiger partial charge in [0, 0.05) is 22.7 Å². The Morgan fingerprint density at radius 1 is 1.00 bits per heavy atom. The van der Waals surface area contributed by atoms with Crippen molar-refractivity contribution in [2.75, 3.05) is 0 Å². The van der Waals surface area contributed by atoms with Crippen molar-refractivity contribution in [3.8, 4) is 28.5 Å². The molecule has 0 aliphatic carbocycles. The first kappa shape index (κ1) is 9.39. The number of hydrogen-bond acceptors (Lipinski definition) is 3. The first-order valence-corrected chi connectivity index (χ1v) is 6.26. The number of pyridine rings is 1. The van der Waals surface area contributed by atoms with E-state index in [1.807, 2.05) is 30.5 Å². The van der Waals surface area contributed by atoms with Crippen molar-refractivity contribution < 1.29 is 9.47 Å². The number of aromatic nitrogens is 1. The third-order valence-corrected chi connectivity index (χ3v) is 3.77. The SMILES string of the molecule is c1ccc2c3c(ncc2c1)-c1ccc2c(c1OC3)O2. The second-order valence-electron chi connectivity index (χ2n) is 4.83. The van der Waals surface area contributed by atoms with Gasteiger partial charge >= 0.3 is 0 Å². The molecule has 0 bridgehead atoms. The van der Waals surface area contributed by atoms with Crippen molar-refractivity contribution >= 4 is 10.8 Å². The Labute approximate surface area is 109 Å². The van der Waals surface area contributed by atoms with Gasteiger partial charge in [0.1, 0.15) is 6.61 Å². The maximum atomic E-state index is 5.88. The van der Waals surface area contributed by atoms with Crippen molar-refractivity contribution in [2.45, 2.75) is 6.61 Å². The van der Waals surface area contributed by atoms with E-state index in [-0.39, 0.29) is 0 Å². The number of hydrogen-bond donors (Lipinski definition) is 0. The molecule has 2 aliphatic heterocycles. The van der Waals surface area contributed by atoms with E-state index < -0.39 is 0 Å². The number of benzene rings is 2. The first-order valence-electron chi connectivity index (χ1n) is 6.26. The molecule has 0 saturated heterocycles. The molecule has 5 rings (SSSR count). The number of fused-ring (bicyclic) bond motifs is 7. The fourth-order valence-corrected chi connectivity index (χ4v) is 2.79. The van der Waals surface area contributed by atoms with E-state index in [0.717, 1.165) is 39.5 Å². The van der Waals surface area contributed by atoms with Crippen LogP contribution in [-0.2, 0) is 6.61 Å². The quantitative estimate of drug-likeness (QED) is 0.442. The molecule has 90 valence electrons. The molecule has 0 unspecified atom stereocenters. The summed E-state index contributed by atoms with van der Waals surface area (Å²) in [5.74, 6) is 2.63. The van der Waals surface area contributed by atoms with Gasteiger partial charge in [-0.2, -0.15) is 0 Å². The maximum Gasteiger partial charge on any atom is 0.212 e. The number of nitrogens with zero attached hydrogens (tertiary/aromatic N) is 1. The minimum Gasteiger partial charge on any atom is -0.484 e. The Hall–Kier alpha value is -2.55. The Morgan fingerprint density at radius 3 is 2.95 bits per heavy atom. The molecule has 1 aromatic heterocycles. The summed E-state index contributed by atoms with van der Waals surface area (Å²) >= 11 is 0.